The van der Waals surface area contributed by atoms with Gasteiger partial charge < -0.3 is 5.32 Å². The Labute approximate surface area is 117 Å². The fourth-order valence-corrected chi connectivity index (χ4v) is 2.27. The van der Waals surface area contributed by atoms with Crippen LogP contribution in [0.5, 0.6) is 0 Å². The Morgan fingerprint density at radius 1 is 1.32 bits per heavy atom. The highest BCUT2D eigenvalue weighted by Gasteiger charge is 2.13. The monoisotopic (exact) mass is 278 g/mol. The van der Waals surface area contributed by atoms with Gasteiger partial charge in [0.25, 0.3) is 0 Å². The number of pyridine rings is 1. The van der Waals surface area contributed by atoms with Gasteiger partial charge in [0.1, 0.15) is 5.82 Å². The number of aromatic nitrogens is 1. The molecule has 1 unspecified atom stereocenters. The zero-order valence-electron chi connectivity index (χ0n) is 11.0. The molecule has 0 saturated heterocycles. The summed E-state index contributed by atoms with van der Waals surface area (Å²) in [6.07, 6.45) is 4.25. The average molecular weight is 279 g/mol. The van der Waals surface area contributed by atoms with Crippen molar-refractivity contribution in [2.75, 3.05) is 7.05 Å². The summed E-state index contributed by atoms with van der Waals surface area (Å²) in [6.45, 7) is 2.00. The van der Waals surface area contributed by atoms with E-state index < -0.39 is 0 Å². The average Bonchev–Trinajstić information content (AvgIpc) is 2.39. The number of benzene rings is 1. The highest BCUT2D eigenvalue weighted by atomic mass is 35.5. The normalized spacial score (nSPS) is 12.4. The molecule has 2 aromatic rings. The molecule has 1 heterocycles. The molecule has 0 saturated carbocycles. The molecule has 0 fully saturated rings. The van der Waals surface area contributed by atoms with Gasteiger partial charge in [0.05, 0.1) is 0 Å². The van der Waals surface area contributed by atoms with Crippen molar-refractivity contribution in [2.24, 2.45) is 0 Å². The van der Waals surface area contributed by atoms with Gasteiger partial charge in [0.2, 0.25) is 0 Å². The largest absolute Gasteiger partial charge is 0.313 e. The fraction of sp³-hybridized carbons (Fsp3) is 0.267. The lowest BCUT2D eigenvalue weighted by atomic mass is 9.99. The molecule has 0 spiro atoms. The lowest BCUT2D eigenvalue weighted by Gasteiger charge is -2.17. The lowest BCUT2D eigenvalue weighted by Crippen LogP contribution is -2.19. The number of rotatable bonds is 4. The number of hydrogen-bond donors (Lipinski definition) is 1. The van der Waals surface area contributed by atoms with Crippen LogP contribution in [0.25, 0.3) is 0 Å². The molecule has 0 aliphatic carbocycles. The van der Waals surface area contributed by atoms with Crippen molar-refractivity contribution in [1.29, 1.82) is 0 Å². The molecule has 19 heavy (non-hydrogen) atoms. The first-order valence-corrected chi connectivity index (χ1v) is 6.50. The first-order chi connectivity index (χ1) is 9.10. The third kappa shape index (κ3) is 3.52. The minimum atomic E-state index is -0.267. The van der Waals surface area contributed by atoms with E-state index in [1.165, 1.54) is 12.1 Å². The lowest BCUT2D eigenvalue weighted by molar-refractivity contribution is 0.582. The summed E-state index contributed by atoms with van der Waals surface area (Å²) >= 11 is 6.11. The SMILES string of the molecule is CNC(Cc1cc(F)ccc1Cl)c1cncc(C)c1. The Hall–Kier alpha value is -1.45. The Morgan fingerprint density at radius 3 is 2.79 bits per heavy atom. The van der Waals surface area contributed by atoms with Crippen molar-refractivity contribution >= 4 is 11.6 Å². The summed E-state index contributed by atoms with van der Waals surface area (Å²) in [6, 6.07) is 6.57. The predicted octanol–water partition coefficient (Wildman–Crippen LogP) is 3.69. The Kier molecular flexibility index (Phi) is 4.51. The third-order valence-electron chi connectivity index (χ3n) is 3.08. The Balaban J connectivity index is 2.26. The third-order valence-corrected chi connectivity index (χ3v) is 3.45. The van der Waals surface area contributed by atoms with E-state index in [0.717, 1.165) is 16.7 Å². The Morgan fingerprint density at radius 2 is 2.11 bits per heavy atom. The van der Waals surface area contributed by atoms with Gasteiger partial charge in [-0.2, -0.15) is 0 Å². The van der Waals surface area contributed by atoms with E-state index in [0.29, 0.717) is 11.4 Å². The predicted molar refractivity (Wildman–Crippen MR) is 75.9 cm³/mol. The molecule has 0 radical (unpaired) electrons. The molecule has 0 aliphatic heterocycles. The number of likely N-dealkylation sites (N-methyl/N-ethyl adjacent to an activating group) is 1. The van der Waals surface area contributed by atoms with Crippen LogP contribution >= 0.6 is 11.6 Å². The van der Waals surface area contributed by atoms with Crippen LogP contribution in [0.15, 0.2) is 36.7 Å². The number of nitrogens with zero attached hydrogens (tertiary/aromatic N) is 1. The molecule has 0 amide bonds. The summed E-state index contributed by atoms with van der Waals surface area (Å²) in [4.78, 5) is 4.19. The first kappa shape index (κ1) is 14.0. The van der Waals surface area contributed by atoms with Gasteiger partial charge in [-0.05, 0) is 55.3 Å². The summed E-state index contributed by atoms with van der Waals surface area (Å²) in [5, 5.41) is 3.81. The second-order valence-electron chi connectivity index (χ2n) is 4.58. The zero-order chi connectivity index (χ0) is 13.8. The Bertz CT molecular complexity index is 572. The van der Waals surface area contributed by atoms with Crippen molar-refractivity contribution in [1.82, 2.24) is 10.3 Å². The second-order valence-corrected chi connectivity index (χ2v) is 4.98. The molecular formula is C15H16ClFN2. The van der Waals surface area contributed by atoms with Crippen molar-refractivity contribution in [3.8, 4) is 0 Å². The maximum Gasteiger partial charge on any atom is 0.123 e. The molecule has 1 atom stereocenters. The number of nitrogens with one attached hydrogen (secondary N) is 1. The van der Waals surface area contributed by atoms with Crippen LogP contribution in [-0.2, 0) is 6.42 Å². The van der Waals surface area contributed by atoms with Gasteiger partial charge in [-0.15, -0.1) is 0 Å². The van der Waals surface area contributed by atoms with Crippen LogP contribution in [0.4, 0.5) is 4.39 Å². The molecule has 0 aliphatic rings. The van der Waals surface area contributed by atoms with Crippen molar-refractivity contribution in [3.05, 3.63) is 64.2 Å². The first-order valence-electron chi connectivity index (χ1n) is 6.13. The minimum Gasteiger partial charge on any atom is -0.313 e. The molecule has 4 heteroatoms. The zero-order valence-corrected chi connectivity index (χ0v) is 11.7. The fourth-order valence-electron chi connectivity index (χ4n) is 2.08. The van der Waals surface area contributed by atoms with Crippen LogP contribution < -0.4 is 5.32 Å². The van der Waals surface area contributed by atoms with Gasteiger partial charge >= 0.3 is 0 Å². The second kappa shape index (κ2) is 6.13. The van der Waals surface area contributed by atoms with Crippen molar-refractivity contribution in [3.63, 3.8) is 0 Å². The summed E-state index contributed by atoms with van der Waals surface area (Å²) in [7, 11) is 1.88. The van der Waals surface area contributed by atoms with Crippen molar-refractivity contribution < 1.29 is 4.39 Å². The smallest absolute Gasteiger partial charge is 0.123 e. The molecule has 0 bridgehead atoms. The van der Waals surface area contributed by atoms with Crippen LogP contribution in [0, 0.1) is 12.7 Å². The number of halogens is 2. The summed E-state index contributed by atoms with van der Waals surface area (Å²) in [5.41, 5.74) is 2.97. The summed E-state index contributed by atoms with van der Waals surface area (Å²) < 4.78 is 13.3. The van der Waals surface area contributed by atoms with Crippen LogP contribution in [0.2, 0.25) is 5.02 Å². The van der Waals surface area contributed by atoms with E-state index in [2.05, 4.69) is 16.4 Å². The molecule has 1 N–H and O–H groups in total. The molecule has 100 valence electrons. The highest BCUT2D eigenvalue weighted by Crippen LogP contribution is 2.24. The van der Waals surface area contributed by atoms with Crippen LogP contribution in [0.1, 0.15) is 22.7 Å². The molecule has 1 aromatic heterocycles. The van der Waals surface area contributed by atoms with E-state index in [4.69, 9.17) is 11.6 Å². The molecular weight excluding hydrogens is 263 g/mol. The van der Waals surface area contributed by atoms with E-state index in [1.807, 2.05) is 26.4 Å². The van der Waals surface area contributed by atoms with Gasteiger partial charge in [0.15, 0.2) is 0 Å². The molecule has 2 rings (SSSR count). The molecule has 2 nitrogen and oxygen atoms in total. The van der Waals surface area contributed by atoms with E-state index in [9.17, 15) is 4.39 Å². The maximum absolute atomic E-state index is 13.3. The number of aryl methyl sites for hydroxylation is 1. The van der Waals surface area contributed by atoms with Crippen molar-refractivity contribution in [2.45, 2.75) is 19.4 Å². The molecule has 1 aromatic carbocycles. The quantitative estimate of drug-likeness (QED) is 0.923. The van der Waals surface area contributed by atoms with Gasteiger partial charge in [-0.25, -0.2) is 4.39 Å². The van der Waals surface area contributed by atoms with E-state index >= 15 is 0 Å². The van der Waals surface area contributed by atoms with E-state index in [1.54, 1.807) is 6.07 Å². The number of hydrogen-bond acceptors (Lipinski definition) is 2. The maximum atomic E-state index is 13.3. The van der Waals surface area contributed by atoms with Crippen LogP contribution in [-0.4, -0.2) is 12.0 Å². The van der Waals surface area contributed by atoms with Gasteiger partial charge in [-0.3, -0.25) is 4.98 Å². The topological polar surface area (TPSA) is 24.9 Å². The van der Waals surface area contributed by atoms with Gasteiger partial charge in [-0.1, -0.05) is 17.7 Å². The minimum absolute atomic E-state index is 0.0618. The van der Waals surface area contributed by atoms with E-state index in [-0.39, 0.29) is 11.9 Å². The van der Waals surface area contributed by atoms with Gasteiger partial charge in [0, 0.05) is 23.5 Å². The van der Waals surface area contributed by atoms with Crippen LogP contribution in [0.3, 0.4) is 0 Å². The standard InChI is InChI=1S/C15H16ClFN2/c1-10-5-12(9-19-8-10)15(18-2)7-11-6-13(17)3-4-14(11)16/h3-6,8-9,15,18H,7H2,1-2H3. The highest BCUT2D eigenvalue weighted by molar-refractivity contribution is 6.31. The summed E-state index contributed by atoms with van der Waals surface area (Å²) in [5.74, 6) is -0.267.